The largest absolute Gasteiger partial charge is 0.387 e. The molecule has 0 aliphatic heterocycles. The molecule has 1 unspecified atom stereocenters. The maximum Gasteiger partial charge on any atom is 0.129 e. The van der Waals surface area contributed by atoms with Crippen LogP contribution in [0.15, 0.2) is 18.3 Å². The minimum atomic E-state index is -1.05. The standard InChI is InChI=1S/C13H20N2O2/c1-9-4-6-13(17,7-5-9)11(16)10-3-2-8-15-12(10)14/h2-3,8-9,11,16-17H,4-7H2,1H3,(H2,14,15). The van der Waals surface area contributed by atoms with Gasteiger partial charge in [-0.1, -0.05) is 13.0 Å². The highest BCUT2D eigenvalue weighted by Gasteiger charge is 2.40. The minimum absolute atomic E-state index is 0.298. The van der Waals surface area contributed by atoms with Crippen LogP contribution in [0.5, 0.6) is 0 Å². The van der Waals surface area contributed by atoms with Gasteiger partial charge in [-0.3, -0.25) is 0 Å². The molecule has 1 aliphatic carbocycles. The van der Waals surface area contributed by atoms with Crippen LogP contribution in [0.4, 0.5) is 5.82 Å². The van der Waals surface area contributed by atoms with E-state index >= 15 is 0 Å². The summed E-state index contributed by atoms with van der Waals surface area (Å²) in [5.74, 6) is 0.917. The summed E-state index contributed by atoms with van der Waals surface area (Å²) in [4.78, 5) is 3.95. The van der Waals surface area contributed by atoms with Gasteiger partial charge in [-0.2, -0.15) is 0 Å². The van der Waals surface area contributed by atoms with Crippen molar-refractivity contribution < 1.29 is 10.2 Å². The molecule has 1 heterocycles. The van der Waals surface area contributed by atoms with E-state index in [0.717, 1.165) is 12.8 Å². The fourth-order valence-electron chi connectivity index (χ4n) is 2.49. The Morgan fingerprint density at radius 3 is 2.71 bits per heavy atom. The Morgan fingerprint density at radius 2 is 2.12 bits per heavy atom. The number of anilines is 1. The summed E-state index contributed by atoms with van der Waals surface area (Å²) in [6, 6.07) is 3.45. The molecule has 0 amide bonds. The molecule has 1 aromatic rings. The number of aliphatic hydroxyl groups is 2. The molecule has 1 aliphatic rings. The molecule has 1 fully saturated rings. The lowest BCUT2D eigenvalue weighted by molar-refractivity contribution is -0.105. The molecule has 4 N–H and O–H groups in total. The van der Waals surface area contributed by atoms with Crippen LogP contribution in [0.2, 0.25) is 0 Å². The summed E-state index contributed by atoms with van der Waals surface area (Å²) in [6.45, 7) is 2.17. The average Bonchev–Trinajstić information content (AvgIpc) is 2.33. The number of pyridine rings is 1. The van der Waals surface area contributed by atoms with Gasteiger partial charge in [0.1, 0.15) is 11.9 Å². The van der Waals surface area contributed by atoms with Crippen molar-refractivity contribution in [1.29, 1.82) is 0 Å². The van der Waals surface area contributed by atoms with Gasteiger partial charge in [0.25, 0.3) is 0 Å². The quantitative estimate of drug-likeness (QED) is 0.729. The number of hydrogen-bond acceptors (Lipinski definition) is 4. The average molecular weight is 236 g/mol. The third-order valence-corrected chi connectivity index (χ3v) is 3.81. The zero-order valence-electron chi connectivity index (χ0n) is 10.1. The van der Waals surface area contributed by atoms with E-state index in [1.165, 1.54) is 0 Å². The third-order valence-electron chi connectivity index (χ3n) is 3.81. The van der Waals surface area contributed by atoms with Gasteiger partial charge in [0.2, 0.25) is 0 Å². The highest BCUT2D eigenvalue weighted by Crippen LogP contribution is 2.41. The lowest BCUT2D eigenvalue weighted by atomic mass is 9.75. The maximum absolute atomic E-state index is 10.5. The topological polar surface area (TPSA) is 79.4 Å². The Balaban J connectivity index is 2.20. The molecule has 0 spiro atoms. The normalized spacial score (nSPS) is 31.1. The number of nitrogens with two attached hydrogens (primary N) is 1. The smallest absolute Gasteiger partial charge is 0.129 e. The highest BCUT2D eigenvalue weighted by atomic mass is 16.3. The third kappa shape index (κ3) is 2.42. The second kappa shape index (κ2) is 4.63. The molecule has 2 rings (SSSR count). The number of nitrogens with zero attached hydrogens (tertiary/aromatic N) is 1. The summed E-state index contributed by atoms with van der Waals surface area (Å²) in [6.07, 6.45) is 3.75. The first-order valence-electron chi connectivity index (χ1n) is 6.14. The summed E-state index contributed by atoms with van der Waals surface area (Å²) in [5, 5.41) is 20.8. The van der Waals surface area contributed by atoms with Crippen molar-refractivity contribution in [3.63, 3.8) is 0 Å². The van der Waals surface area contributed by atoms with Crippen LogP contribution in [-0.2, 0) is 0 Å². The van der Waals surface area contributed by atoms with Crippen LogP contribution in [0, 0.1) is 5.92 Å². The van der Waals surface area contributed by atoms with E-state index in [0.29, 0.717) is 30.1 Å². The van der Waals surface area contributed by atoms with Gasteiger partial charge < -0.3 is 15.9 Å². The number of rotatable bonds is 2. The molecule has 0 radical (unpaired) electrons. The Kier molecular flexibility index (Phi) is 3.35. The monoisotopic (exact) mass is 236 g/mol. The lowest BCUT2D eigenvalue weighted by Crippen LogP contribution is -2.40. The molecule has 94 valence electrons. The van der Waals surface area contributed by atoms with Crippen molar-refractivity contribution in [1.82, 2.24) is 4.98 Å². The van der Waals surface area contributed by atoms with Crippen LogP contribution < -0.4 is 5.73 Å². The minimum Gasteiger partial charge on any atom is -0.387 e. The molecule has 4 heteroatoms. The number of hydrogen-bond donors (Lipinski definition) is 3. The second-order valence-corrected chi connectivity index (χ2v) is 5.17. The predicted molar refractivity (Wildman–Crippen MR) is 66.2 cm³/mol. The molecule has 1 saturated carbocycles. The van der Waals surface area contributed by atoms with Crippen molar-refractivity contribution in [2.75, 3.05) is 5.73 Å². The molecule has 0 aromatic carbocycles. The molecule has 17 heavy (non-hydrogen) atoms. The summed E-state index contributed by atoms with van der Waals surface area (Å²) in [7, 11) is 0. The summed E-state index contributed by atoms with van der Waals surface area (Å²) >= 11 is 0. The fourth-order valence-corrected chi connectivity index (χ4v) is 2.49. The second-order valence-electron chi connectivity index (χ2n) is 5.17. The first-order chi connectivity index (χ1) is 8.03. The Morgan fingerprint density at radius 1 is 1.47 bits per heavy atom. The van der Waals surface area contributed by atoms with E-state index in [1.807, 2.05) is 0 Å². The molecule has 0 saturated heterocycles. The fraction of sp³-hybridized carbons (Fsp3) is 0.615. The summed E-state index contributed by atoms with van der Waals surface area (Å²) < 4.78 is 0. The van der Waals surface area contributed by atoms with Crippen LogP contribution in [0.1, 0.15) is 44.3 Å². The molecular weight excluding hydrogens is 216 g/mol. The first-order valence-corrected chi connectivity index (χ1v) is 6.14. The Hall–Kier alpha value is -1.13. The highest BCUT2D eigenvalue weighted by molar-refractivity contribution is 5.41. The molecule has 1 atom stereocenters. The molecule has 1 aromatic heterocycles. The Bertz CT molecular complexity index is 387. The lowest BCUT2D eigenvalue weighted by Gasteiger charge is -2.38. The van der Waals surface area contributed by atoms with Crippen molar-refractivity contribution in [2.45, 2.75) is 44.3 Å². The Labute approximate surface area is 101 Å². The van der Waals surface area contributed by atoms with Crippen molar-refractivity contribution in [3.05, 3.63) is 23.9 Å². The zero-order valence-corrected chi connectivity index (χ0v) is 10.1. The van der Waals surface area contributed by atoms with E-state index < -0.39 is 11.7 Å². The summed E-state index contributed by atoms with van der Waals surface area (Å²) in [5.41, 5.74) is 5.21. The van der Waals surface area contributed by atoms with Gasteiger partial charge in [0.05, 0.1) is 5.60 Å². The molecule has 0 bridgehead atoms. The number of aromatic nitrogens is 1. The van der Waals surface area contributed by atoms with E-state index in [1.54, 1.807) is 18.3 Å². The predicted octanol–water partition coefficient (Wildman–Crippen LogP) is 1.64. The number of aliphatic hydroxyl groups excluding tert-OH is 1. The van der Waals surface area contributed by atoms with Gasteiger partial charge >= 0.3 is 0 Å². The zero-order chi connectivity index (χ0) is 12.5. The van der Waals surface area contributed by atoms with Crippen molar-refractivity contribution in [3.8, 4) is 0 Å². The van der Waals surface area contributed by atoms with Gasteiger partial charge in [-0.05, 0) is 37.7 Å². The van der Waals surface area contributed by atoms with Gasteiger partial charge in [0, 0.05) is 11.8 Å². The van der Waals surface area contributed by atoms with E-state index in [2.05, 4.69) is 11.9 Å². The van der Waals surface area contributed by atoms with Crippen LogP contribution in [-0.4, -0.2) is 20.8 Å². The van der Waals surface area contributed by atoms with Crippen LogP contribution in [0.25, 0.3) is 0 Å². The van der Waals surface area contributed by atoms with Gasteiger partial charge in [-0.25, -0.2) is 4.98 Å². The molecular formula is C13H20N2O2. The molecule has 4 nitrogen and oxygen atoms in total. The SMILES string of the molecule is CC1CCC(O)(C(O)c2cccnc2N)CC1. The van der Waals surface area contributed by atoms with Gasteiger partial charge in [-0.15, -0.1) is 0 Å². The first kappa shape index (κ1) is 12.3. The van der Waals surface area contributed by atoms with Crippen molar-refractivity contribution >= 4 is 5.82 Å². The van der Waals surface area contributed by atoms with E-state index in [4.69, 9.17) is 5.73 Å². The number of nitrogen functional groups attached to an aromatic ring is 1. The van der Waals surface area contributed by atoms with E-state index in [9.17, 15) is 10.2 Å². The van der Waals surface area contributed by atoms with Crippen LogP contribution in [0.3, 0.4) is 0 Å². The van der Waals surface area contributed by atoms with Gasteiger partial charge in [0.15, 0.2) is 0 Å². The maximum atomic E-state index is 10.5. The van der Waals surface area contributed by atoms with Crippen molar-refractivity contribution in [2.24, 2.45) is 5.92 Å². The van der Waals surface area contributed by atoms with Crippen LogP contribution >= 0.6 is 0 Å². The van der Waals surface area contributed by atoms with E-state index in [-0.39, 0.29) is 0 Å².